The van der Waals surface area contributed by atoms with Gasteiger partial charge in [0.25, 0.3) is 0 Å². The highest BCUT2D eigenvalue weighted by atomic mass is 32.2. The molecule has 3 aromatic rings. The summed E-state index contributed by atoms with van der Waals surface area (Å²) in [7, 11) is 0. The van der Waals surface area contributed by atoms with Crippen molar-refractivity contribution in [1.82, 2.24) is 20.3 Å². The molecule has 7 nitrogen and oxygen atoms in total. The van der Waals surface area contributed by atoms with Crippen LogP contribution in [0, 0.1) is 6.92 Å². The number of nitrogens with one attached hydrogen (secondary N) is 1. The predicted molar refractivity (Wildman–Crippen MR) is 79.3 cm³/mol. The van der Waals surface area contributed by atoms with Crippen molar-refractivity contribution in [2.75, 3.05) is 5.32 Å². The molecule has 0 aliphatic carbocycles. The number of hydrogen-bond donors (Lipinski definition) is 1. The molecule has 0 amide bonds. The number of aryl methyl sites for hydroxylation is 1. The maximum absolute atomic E-state index is 5.25. The average molecular weight is 323 g/mol. The summed E-state index contributed by atoms with van der Waals surface area (Å²) in [6.07, 6.45) is 1.65. The fraction of sp³-hybridized carbons (Fsp3) is 0.333. The minimum atomic E-state index is 0.0390. The molecule has 0 fully saturated rings. The number of thioether (sulfide) groups is 1. The number of rotatable bonds is 6. The van der Waals surface area contributed by atoms with Crippen molar-refractivity contribution >= 4 is 28.2 Å². The molecule has 0 aromatic carbocycles. The van der Waals surface area contributed by atoms with Crippen molar-refractivity contribution in [1.29, 1.82) is 0 Å². The van der Waals surface area contributed by atoms with E-state index in [2.05, 4.69) is 25.7 Å². The maximum Gasteiger partial charge on any atom is 0.239 e. The van der Waals surface area contributed by atoms with Gasteiger partial charge in [0.1, 0.15) is 5.76 Å². The predicted octanol–water partition coefficient (Wildman–Crippen LogP) is 3.29. The number of anilines is 1. The molecule has 0 aliphatic rings. The summed E-state index contributed by atoms with van der Waals surface area (Å²) < 4.78 is 11.2. The zero-order valence-corrected chi connectivity index (χ0v) is 13.1. The summed E-state index contributed by atoms with van der Waals surface area (Å²) in [5.74, 6) is 2.09. The summed E-state index contributed by atoms with van der Waals surface area (Å²) in [6, 6.07) is 3.76. The Balaban J connectivity index is 1.57. The molecule has 0 bridgehead atoms. The maximum atomic E-state index is 5.25. The van der Waals surface area contributed by atoms with Gasteiger partial charge in [0.05, 0.1) is 18.1 Å². The van der Waals surface area contributed by atoms with Gasteiger partial charge in [-0.3, -0.25) is 0 Å². The molecule has 0 saturated heterocycles. The second-order valence-electron chi connectivity index (χ2n) is 4.25. The molecule has 3 aromatic heterocycles. The lowest BCUT2D eigenvalue weighted by Gasteiger charge is -2.01. The minimum absolute atomic E-state index is 0.0390. The van der Waals surface area contributed by atoms with E-state index in [-0.39, 0.29) is 5.25 Å². The smallest absolute Gasteiger partial charge is 0.239 e. The third-order valence-corrected chi connectivity index (χ3v) is 4.62. The first-order valence-corrected chi connectivity index (χ1v) is 7.97. The van der Waals surface area contributed by atoms with Crippen LogP contribution in [0.2, 0.25) is 0 Å². The van der Waals surface area contributed by atoms with Crippen LogP contribution < -0.4 is 5.32 Å². The van der Waals surface area contributed by atoms with Crippen LogP contribution in [-0.2, 0) is 6.54 Å². The van der Waals surface area contributed by atoms with Crippen LogP contribution in [0.1, 0.15) is 29.6 Å². The standard InChI is InChI=1S/C12H13N5O2S2/c1-7(10-14-8(2)17-19-10)20-12-16-15-11(21-12)13-6-9-4-3-5-18-9/h3-5,7H,6H2,1-2H3,(H,13,15). The number of hydrogen-bond acceptors (Lipinski definition) is 9. The molecule has 1 atom stereocenters. The Bertz CT molecular complexity index is 694. The van der Waals surface area contributed by atoms with Crippen LogP contribution in [0.25, 0.3) is 0 Å². The van der Waals surface area contributed by atoms with Crippen molar-refractivity contribution < 1.29 is 8.94 Å². The lowest BCUT2D eigenvalue weighted by atomic mass is 10.4. The molecular weight excluding hydrogens is 310 g/mol. The zero-order valence-electron chi connectivity index (χ0n) is 11.4. The van der Waals surface area contributed by atoms with Gasteiger partial charge in [-0.1, -0.05) is 28.3 Å². The second kappa shape index (κ2) is 6.27. The second-order valence-corrected chi connectivity index (χ2v) is 6.81. The fourth-order valence-electron chi connectivity index (χ4n) is 1.58. The van der Waals surface area contributed by atoms with Crippen LogP contribution in [-0.4, -0.2) is 20.3 Å². The molecule has 0 radical (unpaired) electrons. The first kappa shape index (κ1) is 14.1. The number of furan rings is 1. The first-order chi connectivity index (χ1) is 10.2. The first-order valence-electron chi connectivity index (χ1n) is 6.27. The molecule has 1 N–H and O–H groups in total. The van der Waals surface area contributed by atoms with E-state index in [1.165, 1.54) is 23.1 Å². The Hall–Kier alpha value is -1.87. The van der Waals surface area contributed by atoms with E-state index in [4.69, 9.17) is 8.94 Å². The topological polar surface area (TPSA) is 89.9 Å². The molecule has 0 saturated carbocycles. The molecule has 0 spiro atoms. The van der Waals surface area contributed by atoms with Gasteiger partial charge in [-0.05, 0) is 26.0 Å². The lowest BCUT2D eigenvalue weighted by molar-refractivity contribution is 0.376. The highest BCUT2D eigenvalue weighted by Crippen LogP contribution is 2.36. The van der Waals surface area contributed by atoms with Gasteiger partial charge in [-0.15, -0.1) is 10.2 Å². The van der Waals surface area contributed by atoms with Gasteiger partial charge in [-0.25, -0.2) is 0 Å². The van der Waals surface area contributed by atoms with Gasteiger partial charge < -0.3 is 14.3 Å². The van der Waals surface area contributed by atoms with Crippen molar-refractivity contribution in [2.45, 2.75) is 30.0 Å². The van der Waals surface area contributed by atoms with Crippen LogP contribution in [0.3, 0.4) is 0 Å². The van der Waals surface area contributed by atoms with Crippen LogP contribution >= 0.6 is 23.1 Å². The molecule has 21 heavy (non-hydrogen) atoms. The van der Waals surface area contributed by atoms with Crippen molar-refractivity contribution in [3.8, 4) is 0 Å². The van der Waals surface area contributed by atoms with E-state index in [0.29, 0.717) is 18.3 Å². The SMILES string of the molecule is Cc1noc(C(C)Sc2nnc(NCc3ccco3)s2)n1. The molecule has 3 heterocycles. The van der Waals surface area contributed by atoms with E-state index in [1.54, 1.807) is 13.2 Å². The van der Waals surface area contributed by atoms with Crippen molar-refractivity contribution in [3.63, 3.8) is 0 Å². The highest BCUT2D eigenvalue weighted by molar-refractivity contribution is 8.01. The zero-order chi connectivity index (χ0) is 14.7. The van der Waals surface area contributed by atoms with E-state index in [1.807, 2.05) is 19.1 Å². The van der Waals surface area contributed by atoms with Crippen molar-refractivity contribution in [3.05, 3.63) is 35.9 Å². The third-order valence-electron chi connectivity index (χ3n) is 2.57. The average Bonchev–Trinajstić information content (AvgIpc) is 3.17. The normalized spacial score (nSPS) is 12.5. The van der Waals surface area contributed by atoms with Gasteiger partial charge in [0.2, 0.25) is 11.0 Å². The quantitative estimate of drug-likeness (QED) is 0.691. The molecule has 3 rings (SSSR count). The van der Waals surface area contributed by atoms with Crippen LogP contribution in [0.5, 0.6) is 0 Å². The van der Waals surface area contributed by atoms with E-state index in [0.717, 1.165) is 15.2 Å². The largest absolute Gasteiger partial charge is 0.467 e. The van der Waals surface area contributed by atoms with Gasteiger partial charge in [-0.2, -0.15) is 4.98 Å². The number of aromatic nitrogens is 4. The monoisotopic (exact) mass is 323 g/mol. The van der Waals surface area contributed by atoms with Crippen LogP contribution in [0.4, 0.5) is 5.13 Å². The van der Waals surface area contributed by atoms with E-state index >= 15 is 0 Å². The summed E-state index contributed by atoms with van der Waals surface area (Å²) >= 11 is 3.02. The Morgan fingerprint density at radius 1 is 1.43 bits per heavy atom. The summed E-state index contributed by atoms with van der Waals surface area (Å²) in [6.45, 7) is 4.38. The Morgan fingerprint density at radius 3 is 3.05 bits per heavy atom. The number of nitrogens with zero attached hydrogens (tertiary/aromatic N) is 4. The molecule has 110 valence electrons. The van der Waals surface area contributed by atoms with E-state index < -0.39 is 0 Å². The fourth-order valence-corrected chi connectivity index (χ4v) is 3.51. The Labute approximate surface area is 129 Å². The minimum Gasteiger partial charge on any atom is -0.467 e. The van der Waals surface area contributed by atoms with Gasteiger partial charge in [0, 0.05) is 0 Å². The summed E-state index contributed by atoms with van der Waals surface area (Å²) in [4.78, 5) is 4.21. The molecule has 0 aliphatic heterocycles. The van der Waals surface area contributed by atoms with Crippen LogP contribution in [0.15, 0.2) is 31.7 Å². The third kappa shape index (κ3) is 3.61. The summed E-state index contributed by atoms with van der Waals surface area (Å²) in [5, 5.41) is 16.0. The highest BCUT2D eigenvalue weighted by Gasteiger charge is 2.17. The van der Waals surface area contributed by atoms with Crippen molar-refractivity contribution in [2.24, 2.45) is 0 Å². The molecule has 1 unspecified atom stereocenters. The van der Waals surface area contributed by atoms with E-state index in [9.17, 15) is 0 Å². The molecule has 9 heteroatoms. The Morgan fingerprint density at radius 2 is 2.33 bits per heavy atom. The lowest BCUT2D eigenvalue weighted by Crippen LogP contribution is -1.96. The Kier molecular flexibility index (Phi) is 4.20. The van der Waals surface area contributed by atoms with Gasteiger partial charge >= 0.3 is 0 Å². The van der Waals surface area contributed by atoms with Gasteiger partial charge in [0.15, 0.2) is 10.2 Å². The molecular formula is C12H13N5O2S2. The summed E-state index contributed by atoms with van der Waals surface area (Å²) in [5.41, 5.74) is 0.